The summed E-state index contributed by atoms with van der Waals surface area (Å²) >= 11 is 3.25. The van der Waals surface area contributed by atoms with Crippen LogP contribution < -0.4 is 0 Å². The number of hydrogen-bond donors (Lipinski definition) is 0. The predicted octanol–water partition coefficient (Wildman–Crippen LogP) is 2.50. The van der Waals surface area contributed by atoms with E-state index in [9.17, 15) is 0 Å². The summed E-state index contributed by atoms with van der Waals surface area (Å²) in [6.45, 7) is 7.03. The summed E-state index contributed by atoms with van der Waals surface area (Å²) in [5, 5.41) is 0. The maximum Gasteiger partial charge on any atom is 0.221 e. The van der Waals surface area contributed by atoms with Gasteiger partial charge >= 0.3 is 0 Å². The number of furan rings is 1. The number of rotatable bonds is 2. The van der Waals surface area contributed by atoms with Gasteiger partial charge < -0.3 is 9.26 Å². The lowest BCUT2D eigenvalue weighted by Gasteiger charge is -1.82. The molecule has 0 saturated heterocycles. The lowest BCUT2D eigenvalue weighted by molar-refractivity contribution is 0.513. The van der Waals surface area contributed by atoms with E-state index in [1.807, 2.05) is 6.07 Å². The zero-order valence-electron chi connectivity index (χ0n) is 5.30. The molecule has 52 valence electrons. The van der Waals surface area contributed by atoms with Gasteiger partial charge in [0, 0.05) is 0 Å². The molecule has 0 bridgehead atoms. The van der Waals surface area contributed by atoms with Crippen molar-refractivity contribution in [3.05, 3.63) is 34.0 Å². The van der Waals surface area contributed by atoms with E-state index in [1.165, 1.54) is 0 Å². The molecule has 0 aliphatic heterocycles. The highest BCUT2D eigenvalue weighted by Crippen LogP contribution is 2.14. The van der Waals surface area contributed by atoms with Crippen LogP contribution in [-0.4, -0.2) is 6.54 Å². The fourth-order valence-corrected chi connectivity index (χ4v) is 1.000. The van der Waals surface area contributed by atoms with E-state index in [1.54, 1.807) is 6.26 Å². The molecule has 10 heavy (non-hydrogen) atoms. The normalized spacial score (nSPS) is 9.20. The van der Waals surface area contributed by atoms with Crippen molar-refractivity contribution < 1.29 is 4.42 Å². The molecule has 0 amide bonds. The molecule has 0 spiro atoms. The molecule has 1 aromatic heterocycles. The highest BCUT2D eigenvalue weighted by Gasteiger charge is 1.99. The SMILES string of the molecule is [C-]#[N+]CCc1cc(Br)co1. The van der Waals surface area contributed by atoms with Crippen LogP contribution in [0.4, 0.5) is 0 Å². The van der Waals surface area contributed by atoms with Gasteiger partial charge in [-0.1, -0.05) is 0 Å². The topological polar surface area (TPSA) is 17.5 Å². The second kappa shape index (κ2) is 3.43. The van der Waals surface area contributed by atoms with Crippen LogP contribution >= 0.6 is 15.9 Å². The monoisotopic (exact) mass is 199 g/mol. The Balaban J connectivity index is 2.52. The minimum absolute atomic E-state index is 0.500. The molecule has 0 atom stereocenters. The Hall–Kier alpha value is -0.750. The van der Waals surface area contributed by atoms with Crippen molar-refractivity contribution in [2.24, 2.45) is 0 Å². The predicted molar refractivity (Wildman–Crippen MR) is 41.6 cm³/mol. The fourth-order valence-electron chi connectivity index (χ4n) is 0.651. The van der Waals surface area contributed by atoms with Crippen LogP contribution in [0, 0.1) is 6.57 Å². The highest BCUT2D eigenvalue weighted by molar-refractivity contribution is 9.10. The summed E-state index contributed by atoms with van der Waals surface area (Å²) in [5.41, 5.74) is 0. The van der Waals surface area contributed by atoms with Gasteiger partial charge in [0.05, 0.1) is 10.9 Å². The molecule has 0 aromatic carbocycles. The summed E-state index contributed by atoms with van der Waals surface area (Å²) in [4.78, 5) is 3.21. The third kappa shape index (κ3) is 1.89. The molecule has 1 rings (SSSR count). The highest BCUT2D eigenvalue weighted by atomic mass is 79.9. The van der Waals surface area contributed by atoms with Gasteiger partial charge in [-0.2, -0.15) is 0 Å². The number of halogens is 1. The standard InChI is InChI=1S/C7H6BrNO/c1-9-3-2-7-4-6(8)5-10-7/h4-5H,2-3H2. The molecule has 0 saturated carbocycles. The smallest absolute Gasteiger partial charge is 0.221 e. The lowest BCUT2D eigenvalue weighted by atomic mass is 10.3. The zero-order chi connectivity index (χ0) is 7.40. The first-order chi connectivity index (χ1) is 4.83. The fraction of sp³-hybridized carbons (Fsp3) is 0.286. The molecular formula is C7H6BrNO. The van der Waals surface area contributed by atoms with Gasteiger partial charge in [-0.05, 0) is 22.0 Å². The lowest BCUT2D eigenvalue weighted by Crippen LogP contribution is -1.82. The Kier molecular flexibility index (Phi) is 2.52. The van der Waals surface area contributed by atoms with Gasteiger partial charge in [0.25, 0.3) is 0 Å². The average Bonchev–Trinajstić information content (AvgIpc) is 2.31. The molecule has 1 aromatic rings. The van der Waals surface area contributed by atoms with Crippen molar-refractivity contribution in [3.8, 4) is 0 Å². The van der Waals surface area contributed by atoms with Crippen molar-refractivity contribution in [2.75, 3.05) is 6.54 Å². The van der Waals surface area contributed by atoms with Gasteiger partial charge in [0.1, 0.15) is 12.0 Å². The Morgan fingerprint density at radius 1 is 1.70 bits per heavy atom. The Morgan fingerprint density at radius 2 is 2.50 bits per heavy atom. The Bertz CT molecular complexity index is 248. The first-order valence-electron chi connectivity index (χ1n) is 2.89. The average molecular weight is 200 g/mol. The maximum absolute atomic E-state index is 6.53. The summed E-state index contributed by atoms with van der Waals surface area (Å²) in [7, 11) is 0. The van der Waals surface area contributed by atoms with E-state index >= 15 is 0 Å². The van der Waals surface area contributed by atoms with Crippen molar-refractivity contribution >= 4 is 15.9 Å². The van der Waals surface area contributed by atoms with Gasteiger partial charge in [-0.25, -0.2) is 6.57 Å². The first kappa shape index (κ1) is 7.36. The van der Waals surface area contributed by atoms with Gasteiger partial charge in [0.15, 0.2) is 0 Å². The van der Waals surface area contributed by atoms with E-state index < -0.39 is 0 Å². The van der Waals surface area contributed by atoms with E-state index in [2.05, 4.69) is 20.8 Å². The van der Waals surface area contributed by atoms with Crippen LogP contribution in [0.1, 0.15) is 5.76 Å². The molecule has 2 nitrogen and oxygen atoms in total. The van der Waals surface area contributed by atoms with E-state index in [0.29, 0.717) is 13.0 Å². The van der Waals surface area contributed by atoms with Crippen LogP contribution in [0.15, 0.2) is 21.2 Å². The van der Waals surface area contributed by atoms with Crippen LogP contribution in [0.25, 0.3) is 4.85 Å². The van der Waals surface area contributed by atoms with E-state index in [0.717, 1.165) is 10.2 Å². The first-order valence-corrected chi connectivity index (χ1v) is 3.68. The molecule has 0 aliphatic rings. The molecule has 3 heteroatoms. The number of hydrogen-bond acceptors (Lipinski definition) is 1. The largest absolute Gasteiger partial charge is 0.468 e. The zero-order valence-corrected chi connectivity index (χ0v) is 6.89. The van der Waals surface area contributed by atoms with Gasteiger partial charge in [-0.15, -0.1) is 0 Å². The van der Waals surface area contributed by atoms with Crippen molar-refractivity contribution in [1.29, 1.82) is 0 Å². The van der Waals surface area contributed by atoms with Crippen LogP contribution in [0.3, 0.4) is 0 Å². The minimum Gasteiger partial charge on any atom is -0.468 e. The van der Waals surface area contributed by atoms with Gasteiger partial charge in [0.2, 0.25) is 6.54 Å². The Morgan fingerprint density at radius 3 is 3.00 bits per heavy atom. The maximum atomic E-state index is 6.53. The summed E-state index contributed by atoms with van der Waals surface area (Å²) in [6.07, 6.45) is 2.33. The second-order valence-corrected chi connectivity index (χ2v) is 2.78. The molecule has 0 unspecified atom stereocenters. The van der Waals surface area contributed by atoms with Crippen molar-refractivity contribution in [2.45, 2.75) is 6.42 Å². The molecular weight excluding hydrogens is 194 g/mol. The van der Waals surface area contributed by atoms with Crippen LogP contribution in [-0.2, 0) is 6.42 Å². The quantitative estimate of drug-likeness (QED) is 0.670. The Labute approximate surface area is 67.8 Å². The van der Waals surface area contributed by atoms with E-state index in [4.69, 9.17) is 11.0 Å². The summed E-state index contributed by atoms with van der Waals surface area (Å²) in [5.74, 6) is 0.864. The summed E-state index contributed by atoms with van der Waals surface area (Å²) in [6, 6.07) is 1.88. The molecule has 0 aliphatic carbocycles. The van der Waals surface area contributed by atoms with Crippen molar-refractivity contribution in [3.63, 3.8) is 0 Å². The van der Waals surface area contributed by atoms with Crippen LogP contribution in [0.2, 0.25) is 0 Å². The molecule has 0 fully saturated rings. The molecule has 0 radical (unpaired) electrons. The van der Waals surface area contributed by atoms with Crippen LogP contribution in [0.5, 0.6) is 0 Å². The third-order valence-electron chi connectivity index (χ3n) is 1.09. The second-order valence-electron chi connectivity index (χ2n) is 1.86. The van der Waals surface area contributed by atoms with E-state index in [-0.39, 0.29) is 0 Å². The molecule has 1 heterocycles. The number of nitrogens with zero attached hydrogens (tertiary/aromatic N) is 1. The van der Waals surface area contributed by atoms with Gasteiger partial charge in [-0.3, -0.25) is 0 Å². The third-order valence-corrected chi connectivity index (χ3v) is 1.51. The minimum atomic E-state index is 0.500. The summed E-state index contributed by atoms with van der Waals surface area (Å²) < 4.78 is 6.01. The van der Waals surface area contributed by atoms with Crippen molar-refractivity contribution in [1.82, 2.24) is 0 Å². The molecule has 0 N–H and O–H groups in total.